The lowest BCUT2D eigenvalue weighted by Crippen LogP contribution is -2.34. The second-order valence-corrected chi connectivity index (χ2v) is 6.47. The number of aromatic hydroxyl groups is 1. The van der Waals surface area contributed by atoms with Gasteiger partial charge in [-0.3, -0.25) is 0 Å². The molecule has 4 heteroatoms. The Morgan fingerprint density at radius 3 is 2.46 bits per heavy atom. The zero-order chi connectivity index (χ0) is 16.9. The number of hydrogen-bond donors (Lipinski definition) is 3. The van der Waals surface area contributed by atoms with Crippen LogP contribution >= 0.6 is 0 Å². The van der Waals surface area contributed by atoms with Gasteiger partial charge in [0.2, 0.25) is 0 Å². The highest BCUT2D eigenvalue weighted by molar-refractivity contribution is 5.29. The van der Waals surface area contributed by atoms with Gasteiger partial charge in [0, 0.05) is 12.1 Å². The third-order valence-corrected chi connectivity index (χ3v) is 4.83. The van der Waals surface area contributed by atoms with Gasteiger partial charge in [0.25, 0.3) is 0 Å². The number of nitrogens with one attached hydrogen (secondary N) is 1. The molecule has 128 valence electrons. The molecule has 1 aliphatic rings. The molecule has 0 aliphatic carbocycles. The van der Waals surface area contributed by atoms with Crippen molar-refractivity contribution < 1.29 is 14.9 Å². The van der Waals surface area contributed by atoms with Crippen molar-refractivity contribution >= 4 is 0 Å². The minimum atomic E-state index is -0.531. The lowest BCUT2D eigenvalue weighted by Gasteiger charge is -2.20. The fourth-order valence-corrected chi connectivity index (χ4v) is 3.36. The number of ether oxygens (including phenoxy) is 1. The number of hydrogen-bond acceptors (Lipinski definition) is 4. The lowest BCUT2D eigenvalue weighted by molar-refractivity contribution is 0.135. The van der Waals surface area contributed by atoms with Gasteiger partial charge in [0.05, 0.1) is 13.2 Å². The first kappa shape index (κ1) is 16.8. The lowest BCUT2D eigenvalue weighted by atomic mass is 10.0. The molecule has 0 radical (unpaired) electrons. The first-order chi connectivity index (χ1) is 11.7. The molecule has 3 rings (SSSR count). The van der Waals surface area contributed by atoms with Crippen LogP contribution in [0.15, 0.2) is 48.5 Å². The first-order valence-electron chi connectivity index (χ1n) is 8.51. The monoisotopic (exact) mass is 327 g/mol. The second kappa shape index (κ2) is 7.69. The quantitative estimate of drug-likeness (QED) is 0.762. The molecule has 0 saturated carbocycles. The average molecular weight is 327 g/mol. The summed E-state index contributed by atoms with van der Waals surface area (Å²) < 4.78 is 5.18. The van der Waals surface area contributed by atoms with E-state index < -0.39 is 6.10 Å². The number of aliphatic hydroxyl groups excluding tert-OH is 1. The summed E-state index contributed by atoms with van der Waals surface area (Å²) in [6.45, 7) is 0. The van der Waals surface area contributed by atoms with E-state index in [0.717, 1.165) is 37.0 Å². The number of rotatable bonds is 6. The van der Waals surface area contributed by atoms with Crippen molar-refractivity contribution in [3.05, 3.63) is 59.7 Å². The van der Waals surface area contributed by atoms with Gasteiger partial charge in [0.15, 0.2) is 0 Å². The summed E-state index contributed by atoms with van der Waals surface area (Å²) >= 11 is 0. The van der Waals surface area contributed by atoms with Crippen LogP contribution in [-0.4, -0.2) is 29.4 Å². The Hall–Kier alpha value is -2.04. The average Bonchev–Trinajstić information content (AvgIpc) is 3.09. The van der Waals surface area contributed by atoms with Gasteiger partial charge in [-0.25, -0.2) is 0 Å². The smallest absolute Gasteiger partial charge is 0.118 e. The summed E-state index contributed by atoms with van der Waals surface area (Å²) in [6, 6.07) is 15.5. The third kappa shape index (κ3) is 4.08. The highest BCUT2D eigenvalue weighted by Gasteiger charge is 2.29. The Labute approximate surface area is 143 Å². The van der Waals surface area contributed by atoms with Crippen LogP contribution in [0.2, 0.25) is 0 Å². The molecule has 1 saturated heterocycles. The van der Waals surface area contributed by atoms with Crippen molar-refractivity contribution in [1.82, 2.24) is 5.32 Å². The number of aliphatic hydroxyl groups is 1. The minimum absolute atomic E-state index is 0.0791. The van der Waals surface area contributed by atoms with Crippen LogP contribution in [0, 0.1) is 0 Å². The molecule has 3 N–H and O–H groups in total. The Bertz CT molecular complexity index is 639. The molecule has 1 unspecified atom stereocenters. The van der Waals surface area contributed by atoms with E-state index in [9.17, 15) is 10.2 Å². The van der Waals surface area contributed by atoms with Crippen molar-refractivity contribution in [1.29, 1.82) is 0 Å². The van der Waals surface area contributed by atoms with Crippen LogP contribution in [0.1, 0.15) is 36.5 Å². The number of benzene rings is 2. The van der Waals surface area contributed by atoms with E-state index >= 15 is 0 Å². The number of phenolic OH excluding ortho intramolecular Hbond substituents is 1. The molecule has 4 nitrogen and oxygen atoms in total. The maximum absolute atomic E-state index is 10.5. The van der Waals surface area contributed by atoms with Crippen molar-refractivity contribution in [3.63, 3.8) is 0 Å². The number of methoxy groups -OCH3 is 1. The van der Waals surface area contributed by atoms with Gasteiger partial charge in [-0.2, -0.15) is 0 Å². The van der Waals surface area contributed by atoms with Gasteiger partial charge in [-0.15, -0.1) is 0 Å². The number of phenols is 1. The van der Waals surface area contributed by atoms with Crippen LogP contribution in [0.3, 0.4) is 0 Å². The van der Waals surface area contributed by atoms with E-state index in [1.807, 2.05) is 12.1 Å². The Kier molecular flexibility index (Phi) is 5.38. The molecule has 2 aromatic carbocycles. The zero-order valence-corrected chi connectivity index (χ0v) is 14.0. The largest absolute Gasteiger partial charge is 0.508 e. The molecule has 0 aromatic heterocycles. The summed E-state index contributed by atoms with van der Waals surface area (Å²) in [7, 11) is 1.68. The van der Waals surface area contributed by atoms with Crippen molar-refractivity contribution in [3.8, 4) is 11.5 Å². The van der Waals surface area contributed by atoms with Crippen LogP contribution in [-0.2, 0) is 6.42 Å². The van der Waals surface area contributed by atoms with Crippen LogP contribution in [0.4, 0.5) is 0 Å². The van der Waals surface area contributed by atoms with Crippen molar-refractivity contribution in [2.24, 2.45) is 0 Å². The highest BCUT2D eigenvalue weighted by Crippen LogP contribution is 2.28. The normalized spacial score (nSPS) is 21.6. The Balaban J connectivity index is 1.50. The summed E-state index contributed by atoms with van der Waals surface area (Å²) in [6.07, 6.45) is 3.59. The molecule has 3 atom stereocenters. The van der Waals surface area contributed by atoms with Crippen molar-refractivity contribution in [2.75, 3.05) is 7.11 Å². The highest BCUT2D eigenvalue weighted by atomic mass is 16.5. The van der Waals surface area contributed by atoms with Gasteiger partial charge in [-0.05, 0) is 61.1 Å². The van der Waals surface area contributed by atoms with E-state index in [1.54, 1.807) is 31.4 Å². The number of aryl methyl sites for hydroxylation is 1. The van der Waals surface area contributed by atoms with Gasteiger partial charge in [-0.1, -0.05) is 24.3 Å². The van der Waals surface area contributed by atoms with Crippen molar-refractivity contribution in [2.45, 2.75) is 43.9 Å². The Morgan fingerprint density at radius 1 is 1.08 bits per heavy atom. The Morgan fingerprint density at radius 2 is 1.79 bits per heavy atom. The molecule has 0 bridgehead atoms. The molecule has 1 heterocycles. The maximum atomic E-state index is 10.5. The van der Waals surface area contributed by atoms with E-state index in [-0.39, 0.29) is 11.8 Å². The summed E-state index contributed by atoms with van der Waals surface area (Å²) in [5, 5.41) is 23.4. The van der Waals surface area contributed by atoms with Crippen LogP contribution in [0.25, 0.3) is 0 Å². The molecular weight excluding hydrogens is 302 g/mol. The van der Waals surface area contributed by atoms with E-state index in [4.69, 9.17) is 4.74 Å². The molecule has 24 heavy (non-hydrogen) atoms. The predicted octanol–water partition coefficient (Wildman–Crippen LogP) is 3.19. The van der Waals surface area contributed by atoms with E-state index in [1.165, 1.54) is 5.56 Å². The zero-order valence-electron chi connectivity index (χ0n) is 14.0. The van der Waals surface area contributed by atoms with E-state index in [0.29, 0.717) is 6.04 Å². The first-order valence-corrected chi connectivity index (χ1v) is 8.51. The standard InChI is InChI=1S/C20H25NO3/c1-24-18-11-3-14(4-12-18)2-7-16-8-13-19(21-16)20(23)15-5-9-17(22)10-6-15/h3-6,9-12,16,19-23H,2,7-8,13H2,1H3/t16-,19-,20?/m1/s1. The van der Waals surface area contributed by atoms with Crippen LogP contribution < -0.4 is 10.1 Å². The molecule has 2 aromatic rings. The maximum Gasteiger partial charge on any atom is 0.118 e. The van der Waals surface area contributed by atoms with Crippen LogP contribution in [0.5, 0.6) is 11.5 Å². The topological polar surface area (TPSA) is 61.7 Å². The summed E-state index contributed by atoms with van der Waals surface area (Å²) in [4.78, 5) is 0. The molecular formula is C20H25NO3. The fraction of sp³-hybridized carbons (Fsp3) is 0.400. The fourth-order valence-electron chi connectivity index (χ4n) is 3.36. The SMILES string of the molecule is COc1ccc(CC[C@@H]2CC[C@H](C(O)c3ccc(O)cc3)N2)cc1. The van der Waals surface area contributed by atoms with Gasteiger partial charge in [0.1, 0.15) is 11.5 Å². The minimum Gasteiger partial charge on any atom is -0.508 e. The van der Waals surface area contributed by atoms with E-state index in [2.05, 4.69) is 17.4 Å². The third-order valence-electron chi connectivity index (χ3n) is 4.83. The van der Waals surface area contributed by atoms with Gasteiger partial charge < -0.3 is 20.3 Å². The molecule has 0 spiro atoms. The molecule has 1 fully saturated rings. The van der Waals surface area contributed by atoms with Gasteiger partial charge >= 0.3 is 0 Å². The molecule has 1 aliphatic heterocycles. The summed E-state index contributed by atoms with van der Waals surface area (Å²) in [5.41, 5.74) is 2.15. The summed E-state index contributed by atoms with van der Waals surface area (Å²) in [5.74, 6) is 1.11. The predicted molar refractivity (Wildman–Crippen MR) is 94.3 cm³/mol. The second-order valence-electron chi connectivity index (χ2n) is 6.47. The molecule has 0 amide bonds.